The first-order chi connectivity index (χ1) is 13.1. The summed E-state index contributed by atoms with van der Waals surface area (Å²) in [7, 11) is -3.06. The van der Waals surface area contributed by atoms with E-state index in [1.54, 1.807) is 35.0 Å². The lowest BCUT2D eigenvalue weighted by Gasteiger charge is -2.15. The number of anilines is 2. The predicted molar refractivity (Wildman–Crippen MR) is 107 cm³/mol. The van der Waals surface area contributed by atoms with Crippen LogP contribution in [-0.4, -0.2) is 41.5 Å². The summed E-state index contributed by atoms with van der Waals surface area (Å²) in [5, 5.41) is 9.85. The molecule has 28 heavy (non-hydrogen) atoms. The van der Waals surface area contributed by atoms with Crippen molar-refractivity contribution in [1.82, 2.24) is 9.78 Å². The molecule has 1 aliphatic rings. The fraction of sp³-hybridized carbons (Fsp3) is 0.421. The number of aromatic nitrogens is 2. The Morgan fingerprint density at radius 2 is 1.86 bits per heavy atom. The van der Waals surface area contributed by atoms with Crippen molar-refractivity contribution >= 4 is 33.0 Å². The van der Waals surface area contributed by atoms with E-state index < -0.39 is 9.84 Å². The molecule has 1 aromatic carbocycles. The molecule has 1 atom stereocenters. The molecule has 1 aliphatic heterocycles. The van der Waals surface area contributed by atoms with Gasteiger partial charge < -0.3 is 10.6 Å². The predicted octanol–water partition coefficient (Wildman–Crippen LogP) is 2.58. The normalized spacial score (nSPS) is 18.2. The van der Waals surface area contributed by atoms with Crippen LogP contribution in [0.1, 0.15) is 55.3 Å². The number of amides is 2. The van der Waals surface area contributed by atoms with Crippen LogP contribution < -0.4 is 10.6 Å². The van der Waals surface area contributed by atoms with Crippen molar-refractivity contribution < 1.29 is 18.0 Å². The van der Waals surface area contributed by atoms with E-state index in [1.807, 2.05) is 13.8 Å². The number of hydrogen-bond acceptors (Lipinski definition) is 5. The first kappa shape index (κ1) is 20.1. The molecule has 3 rings (SSSR count). The summed E-state index contributed by atoms with van der Waals surface area (Å²) in [5.74, 6) is -0.293. The number of benzene rings is 1. The van der Waals surface area contributed by atoms with Crippen molar-refractivity contribution in [3.8, 4) is 0 Å². The minimum absolute atomic E-state index is 0.0498. The molecule has 0 saturated carbocycles. The molecule has 0 spiro atoms. The maximum Gasteiger partial charge on any atom is 0.276 e. The second-order valence-corrected chi connectivity index (χ2v) is 9.56. The molecule has 0 bridgehead atoms. The molecule has 1 saturated heterocycles. The fourth-order valence-electron chi connectivity index (χ4n) is 3.28. The van der Waals surface area contributed by atoms with E-state index in [0.717, 1.165) is 5.69 Å². The highest BCUT2D eigenvalue weighted by Gasteiger charge is 2.32. The van der Waals surface area contributed by atoms with Crippen LogP contribution >= 0.6 is 0 Å². The molecular formula is C19H24N4O4S. The Labute approximate surface area is 164 Å². The average Bonchev–Trinajstić information content (AvgIpc) is 3.18. The van der Waals surface area contributed by atoms with Gasteiger partial charge in [-0.2, -0.15) is 5.10 Å². The second-order valence-electron chi connectivity index (χ2n) is 7.33. The van der Waals surface area contributed by atoms with Gasteiger partial charge in [-0.25, -0.2) is 8.42 Å². The van der Waals surface area contributed by atoms with Gasteiger partial charge in [-0.15, -0.1) is 0 Å². The van der Waals surface area contributed by atoms with Crippen molar-refractivity contribution in [2.75, 3.05) is 22.1 Å². The van der Waals surface area contributed by atoms with Crippen LogP contribution in [0.2, 0.25) is 0 Å². The van der Waals surface area contributed by atoms with E-state index in [2.05, 4.69) is 15.7 Å². The Morgan fingerprint density at radius 3 is 2.43 bits per heavy atom. The third-order valence-corrected chi connectivity index (χ3v) is 6.33. The van der Waals surface area contributed by atoms with Gasteiger partial charge in [0.05, 0.1) is 17.5 Å². The summed E-state index contributed by atoms with van der Waals surface area (Å²) < 4.78 is 25.4. The number of sulfone groups is 1. The van der Waals surface area contributed by atoms with Crippen molar-refractivity contribution in [3.05, 3.63) is 41.7 Å². The lowest BCUT2D eigenvalue weighted by atomic mass is 10.1. The summed E-state index contributed by atoms with van der Waals surface area (Å²) >= 11 is 0. The quantitative estimate of drug-likeness (QED) is 0.796. The lowest BCUT2D eigenvalue weighted by molar-refractivity contribution is -0.114. The highest BCUT2D eigenvalue weighted by Crippen LogP contribution is 2.28. The number of carbonyl (C=O) groups excluding carboxylic acids is 2. The zero-order valence-electron chi connectivity index (χ0n) is 16.1. The highest BCUT2D eigenvalue weighted by atomic mass is 32.2. The molecular weight excluding hydrogens is 380 g/mol. The van der Waals surface area contributed by atoms with Crippen LogP contribution in [0.15, 0.2) is 30.3 Å². The van der Waals surface area contributed by atoms with Crippen LogP contribution in [-0.2, 0) is 14.6 Å². The molecule has 9 heteroatoms. The molecule has 8 nitrogen and oxygen atoms in total. The summed E-state index contributed by atoms with van der Waals surface area (Å²) in [5.41, 5.74) is 2.17. The van der Waals surface area contributed by atoms with Gasteiger partial charge in [0.1, 0.15) is 0 Å². The van der Waals surface area contributed by atoms with Crippen LogP contribution in [0.3, 0.4) is 0 Å². The number of nitrogens with zero attached hydrogens (tertiary/aromatic N) is 2. The molecule has 150 valence electrons. The summed E-state index contributed by atoms with van der Waals surface area (Å²) in [6, 6.07) is 8.29. The third-order valence-electron chi connectivity index (χ3n) is 4.58. The van der Waals surface area contributed by atoms with Gasteiger partial charge in [0.2, 0.25) is 5.91 Å². The first-order valence-corrected chi connectivity index (χ1v) is 11.0. The Hall–Kier alpha value is -2.68. The molecule has 1 aromatic heterocycles. The van der Waals surface area contributed by atoms with Gasteiger partial charge in [0.25, 0.3) is 5.91 Å². The van der Waals surface area contributed by atoms with Crippen molar-refractivity contribution in [1.29, 1.82) is 0 Å². The van der Waals surface area contributed by atoms with Gasteiger partial charge in [0.15, 0.2) is 15.5 Å². The topological polar surface area (TPSA) is 110 Å². The Bertz CT molecular complexity index is 1010. The molecule has 2 N–H and O–H groups in total. The maximum absolute atomic E-state index is 12.7. The fourth-order valence-corrected chi connectivity index (χ4v) is 4.98. The third kappa shape index (κ3) is 4.59. The van der Waals surface area contributed by atoms with Crippen molar-refractivity contribution in [3.63, 3.8) is 0 Å². The summed E-state index contributed by atoms with van der Waals surface area (Å²) in [6.45, 7) is 5.37. The van der Waals surface area contributed by atoms with Crippen LogP contribution in [0.4, 0.5) is 11.4 Å². The maximum atomic E-state index is 12.7. The van der Waals surface area contributed by atoms with Crippen LogP contribution in [0.5, 0.6) is 0 Å². The van der Waals surface area contributed by atoms with Gasteiger partial charge >= 0.3 is 0 Å². The number of carbonyl (C=O) groups is 2. The van der Waals surface area contributed by atoms with E-state index in [0.29, 0.717) is 17.8 Å². The molecule has 2 heterocycles. The molecule has 0 radical (unpaired) electrons. The second kappa shape index (κ2) is 7.75. The summed E-state index contributed by atoms with van der Waals surface area (Å²) in [4.78, 5) is 23.9. The number of rotatable bonds is 5. The molecule has 1 fully saturated rings. The van der Waals surface area contributed by atoms with Crippen molar-refractivity contribution in [2.45, 2.75) is 39.2 Å². The molecule has 2 amide bonds. The Morgan fingerprint density at radius 1 is 1.18 bits per heavy atom. The number of hydrogen-bond donors (Lipinski definition) is 2. The largest absolute Gasteiger partial charge is 0.326 e. The molecule has 0 aliphatic carbocycles. The minimum Gasteiger partial charge on any atom is -0.326 e. The van der Waals surface area contributed by atoms with Crippen LogP contribution in [0, 0.1) is 0 Å². The lowest BCUT2D eigenvalue weighted by Crippen LogP contribution is -2.17. The minimum atomic E-state index is -3.06. The van der Waals surface area contributed by atoms with Crippen LogP contribution in [0.25, 0.3) is 0 Å². The van der Waals surface area contributed by atoms with E-state index in [-0.39, 0.29) is 41.0 Å². The number of nitrogens with one attached hydrogen (secondary N) is 2. The van der Waals surface area contributed by atoms with E-state index in [9.17, 15) is 18.0 Å². The highest BCUT2D eigenvalue weighted by molar-refractivity contribution is 7.91. The zero-order chi connectivity index (χ0) is 20.5. The summed E-state index contributed by atoms with van der Waals surface area (Å²) in [6.07, 6.45) is 0.504. The molecule has 1 unspecified atom stereocenters. The van der Waals surface area contributed by atoms with Gasteiger partial charge in [0, 0.05) is 24.0 Å². The van der Waals surface area contributed by atoms with Gasteiger partial charge in [-0.3, -0.25) is 14.3 Å². The average molecular weight is 404 g/mol. The first-order valence-electron chi connectivity index (χ1n) is 9.13. The van der Waals surface area contributed by atoms with Crippen molar-refractivity contribution in [2.24, 2.45) is 0 Å². The Balaban J connectivity index is 1.83. The molecule has 2 aromatic rings. The zero-order valence-corrected chi connectivity index (χ0v) is 16.9. The van der Waals surface area contributed by atoms with Gasteiger partial charge in [-0.05, 0) is 36.6 Å². The SMILES string of the molecule is CC(=O)Nc1cccc(NC(=O)c2cc(C(C)C)n(C3CCS(=O)(=O)C3)n2)c1. The smallest absolute Gasteiger partial charge is 0.276 e. The van der Waals surface area contributed by atoms with E-state index >= 15 is 0 Å². The standard InChI is InChI=1S/C19H24N4O4S/c1-12(2)18-10-17(22-23(18)16-7-8-28(26,27)11-16)19(25)21-15-6-4-5-14(9-15)20-13(3)24/h4-6,9-10,12,16H,7-8,11H2,1-3H3,(H,20,24)(H,21,25). The van der Waals surface area contributed by atoms with Gasteiger partial charge in [-0.1, -0.05) is 19.9 Å². The monoisotopic (exact) mass is 404 g/mol. The Kier molecular flexibility index (Phi) is 5.55. The van der Waals surface area contributed by atoms with E-state index in [4.69, 9.17) is 0 Å². The van der Waals surface area contributed by atoms with E-state index in [1.165, 1.54) is 6.92 Å².